The fourth-order valence-corrected chi connectivity index (χ4v) is 3.08. The second kappa shape index (κ2) is 12.9. The van der Waals surface area contributed by atoms with E-state index in [1.54, 1.807) is 0 Å². The largest absolute Gasteiger partial charge is 0.357 e. The van der Waals surface area contributed by atoms with E-state index < -0.39 is 0 Å². The van der Waals surface area contributed by atoms with Gasteiger partial charge in [0.1, 0.15) is 0 Å². The van der Waals surface area contributed by atoms with E-state index in [0.29, 0.717) is 24.7 Å². The highest BCUT2D eigenvalue weighted by atomic mass is 127. The third kappa shape index (κ3) is 7.93. The molecule has 0 heterocycles. The van der Waals surface area contributed by atoms with Gasteiger partial charge in [-0.05, 0) is 43.9 Å². The molecule has 0 bridgehead atoms. The number of rotatable bonds is 7. The van der Waals surface area contributed by atoms with Crippen molar-refractivity contribution in [1.29, 1.82) is 0 Å². The summed E-state index contributed by atoms with van der Waals surface area (Å²) >= 11 is 0. The summed E-state index contributed by atoms with van der Waals surface area (Å²) in [5.41, 5.74) is 1.75. The minimum absolute atomic E-state index is 0. The molecule has 0 saturated heterocycles. The van der Waals surface area contributed by atoms with Gasteiger partial charge in [0, 0.05) is 24.7 Å². The topological polar surface area (TPSA) is 65.5 Å². The average Bonchev–Trinajstić information content (AvgIpc) is 2.65. The van der Waals surface area contributed by atoms with Gasteiger partial charge < -0.3 is 16.0 Å². The second-order valence-electron chi connectivity index (χ2n) is 6.63. The Morgan fingerprint density at radius 2 is 1.92 bits per heavy atom. The van der Waals surface area contributed by atoms with Gasteiger partial charge in [-0.3, -0.25) is 4.79 Å². The molecule has 6 heteroatoms. The van der Waals surface area contributed by atoms with Crippen LogP contribution in [0.3, 0.4) is 0 Å². The zero-order valence-corrected chi connectivity index (χ0v) is 18.3. The summed E-state index contributed by atoms with van der Waals surface area (Å²) in [5, 5.41) is 9.79. The molecule has 0 unspecified atom stereocenters. The van der Waals surface area contributed by atoms with Crippen molar-refractivity contribution >= 4 is 35.8 Å². The maximum absolute atomic E-state index is 12.1. The van der Waals surface area contributed by atoms with Gasteiger partial charge in [-0.2, -0.15) is 0 Å². The van der Waals surface area contributed by atoms with E-state index in [4.69, 9.17) is 4.99 Å². The van der Waals surface area contributed by atoms with Crippen molar-refractivity contribution in [2.45, 2.75) is 65.0 Å². The Balaban J connectivity index is 0.00000338. The Hall–Kier alpha value is -1.31. The number of benzene rings is 1. The van der Waals surface area contributed by atoms with E-state index in [9.17, 15) is 4.79 Å². The molecule has 1 aliphatic carbocycles. The minimum Gasteiger partial charge on any atom is -0.357 e. The molecule has 1 saturated carbocycles. The first-order chi connectivity index (χ1) is 12.2. The molecule has 0 spiro atoms. The Labute approximate surface area is 174 Å². The van der Waals surface area contributed by atoms with Gasteiger partial charge in [0.15, 0.2) is 5.96 Å². The lowest BCUT2D eigenvalue weighted by molar-refractivity contribution is 0.0953. The van der Waals surface area contributed by atoms with Crippen molar-refractivity contribution in [1.82, 2.24) is 16.0 Å². The summed E-state index contributed by atoms with van der Waals surface area (Å²) < 4.78 is 0. The maximum Gasteiger partial charge on any atom is 0.251 e. The zero-order valence-electron chi connectivity index (χ0n) is 16.0. The Kier molecular flexibility index (Phi) is 11.3. The van der Waals surface area contributed by atoms with Crippen LogP contribution in [0.15, 0.2) is 29.3 Å². The highest BCUT2D eigenvalue weighted by molar-refractivity contribution is 14.0. The number of amides is 1. The number of guanidine groups is 1. The number of carbonyl (C=O) groups excluding carboxylic acids is 1. The zero-order chi connectivity index (χ0) is 17.9. The molecule has 5 nitrogen and oxygen atoms in total. The van der Waals surface area contributed by atoms with Gasteiger partial charge in [0.2, 0.25) is 0 Å². The number of hydrogen-bond donors (Lipinski definition) is 3. The van der Waals surface area contributed by atoms with Crippen LogP contribution in [0.1, 0.15) is 68.3 Å². The van der Waals surface area contributed by atoms with E-state index in [2.05, 4.69) is 22.9 Å². The van der Waals surface area contributed by atoms with Crippen LogP contribution in [0.25, 0.3) is 0 Å². The first kappa shape index (κ1) is 22.7. The van der Waals surface area contributed by atoms with Gasteiger partial charge in [0.05, 0.1) is 6.54 Å². The Morgan fingerprint density at radius 3 is 2.62 bits per heavy atom. The van der Waals surface area contributed by atoms with Crippen LogP contribution in [0.5, 0.6) is 0 Å². The molecular weight excluding hydrogens is 439 g/mol. The normalized spacial score (nSPS) is 15.1. The van der Waals surface area contributed by atoms with Crippen molar-refractivity contribution in [3.05, 3.63) is 35.4 Å². The molecule has 1 aliphatic rings. The average molecular weight is 472 g/mol. The van der Waals surface area contributed by atoms with Crippen molar-refractivity contribution in [2.75, 3.05) is 13.1 Å². The van der Waals surface area contributed by atoms with Gasteiger partial charge in [-0.15, -0.1) is 24.0 Å². The fourth-order valence-electron chi connectivity index (χ4n) is 3.08. The Bertz CT molecular complexity index is 571. The molecule has 2 rings (SSSR count). The number of carbonyl (C=O) groups is 1. The van der Waals surface area contributed by atoms with Crippen LogP contribution in [0, 0.1) is 0 Å². The van der Waals surface area contributed by atoms with Crippen LogP contribution < -0.4 is 16.0 Å². The van der Waals surface area contributed by atoms with Crippen LogP contribution in [0.4, 0.5) is 0 Å². The SMILES string of the molecule is CCCNC(=O)c1cccc(CN=C(NCC)NC2CCCCC2)c1.I. The summed E-state index contributed by atoms with van der Waals surface area (Å²) in [6.45, 7) is 6.25. The van der Waals surface area contributed by atoms with E-state index in [0.717, 1.165) is 24.5 Å². The first-order valence-corrected chi connectivity index (χ1v) is 9.65. The summed E-state index contributed by atoms with van der Waals surface area (Å²) in [6, 6.07) is 8.25. The predicted molar refractivity (Wildman–Crippen MR) is 119 cm³/mol. The molecule has 1 fully saturated rings. The number of nitrogens with one attached hydrogen (secondary N) is 3. The lowest BCUT2D eigenvalue weighted by Gasteiger charge is -2.24. The molecule has 1 amide bonds. The highest BCUT2D eigenvalue weighted by Gasteiger charge is 2.14. The number of halogens is 1. The number of aliphatic imine (C=N–C) groups is 1. The third-order valence-corrected chi connectivity index (χ3v) is 4.43. The molecule has 26 heavy (non-hydrogen) atoms. The summed E-state index contributed by atoms with van der Waals surface area (Å²) in [7, 11) is 0. The monoisotopic (exact) mass is 472 g/mol. The smallest absolute Gasteiger partial charge is 0.251 e. The lowest BCUT2D eigenvalue weighted by atomic mass is 9.96. The molecule has 3 N–H and O–H groups in total. The number of hydrogen-bond acceptors (Lipinski definition) is 2. The summed E-state index contributed by atoms with van der Waals surface area (Å²) in [5.74, 6) is 0.857. The lowest BCUT2D eigenvalue weighted by Crippen LogP contribution is -2.44. The fraction of sp³-hybridized carbons (Fsp3) is 0.600. The first-order valence-electron chi connectivity index (χ1n) is 9.65. The van der Waals surface area contributed by atoms with Crippen molar-refractivity contribution in [2.24, 2.45) is 4.99 Å². The van der Waals surface area contributed by atoms with E-state index >= 15 is 0 Å². The molecule has 0 aromatic heterocycles. The highest BCUT2D eigenvalue weighted by Crippen LogP contribution is 2.17. The van der Waals surface area contributed by atoms with Crippen LogP contribution in [0.2, 0.25) is 0 Å². The van der Waals surface area contributed by atoms with Gasteiger partial charge >= 0.3 is 0 Å². The molecule has 1 aromatic carbocycles. The predicted octanol–water partition coefficient (Wildman–Crippen LogP) is 3.83. The van der Waals surface area contributed by atoms with Crippen LogP contribution in [-0.4, -0.2) is 31.0 Å². The van der Waals surface area contributed by atoms with Crippen molar-refractivity contribution in [3.8, 4) is 0 Å². The minimum atomic E-state index is -0.0140. The van der Waals surface area contributed by atoms with Crippen LogP contribution in [-0.2, 0) is 6.54 Å². The third-order valence-electron chi connectivity index (χ3n) is 4.43. The Morgan fingerprint density at radius 1 is 1.15 bits per heavy atom. The standard InChI is InChI=1S/C20H32N4O.HI/c1-3-13-22-19(25)17-10-8-9-16(14-17)15-23-20(21-4-2)24-18-11-6-5-7-12-18;/h8-10,14,18H,3-7,11-13,15H2,1-2H3,(H,22,25)(H2,21,23,24);1H. The van der Waals surface area contributed by atoms with Crippen LogP contribution >= 0.6 is 24.0 Å². The maximum atomic E-state index is 12.1. The van der Waals surface area contributed by atoms with E-state index in [1.807, 2.05) is 31.2 Å². The molecule has 1 aromatic rings. The van der Waals surface area contributed by atoms with E-state index in [-0.39, 0.29) is 29.9 Å². The van der Waals surface area contributed by atoms with Gasteiger partial charge in [-0.25, -0.2) is 4.99 Å². The second-order valence-corrected chi connectivity index (χ2v) is 6.63. The number of nitrogens with zero attached hydrogens (tertiary/aromatic N) is 1. The molecule has 146 valence electrons. The molecule has 0 radical (unpaired) electrons. The van der Waals surface area contributed by atoms with Gasteiger partial charge in [-0.1, -0.05) is 38.3 Å². The summed E-state index contributed by atoms with van der Waals surface area (Å²) in [4.78, 5) is 16.8. The van der Waals surface area contributed by atoms with E-state index in [1.165, 1.54) is 32.1 Å². The molecule has 0 atom stereocenters. The molecule has 0 aliphatic heterocycles. The van der Waals surface area contributed by atoms with Crippen molar-refractivity contribution < 1.29 is 4.79 Å². The van der Waals surface area contributed by atoms with Crippen molar-refractivity contribution in [3.63, 3.8) is 0 Å². The quantitative estimate of drug-likeness (QED) is 0.321. The molecular formula is C20H33IN4O. The van der Waals surface area contributed by atoms with Gasteiger partial charge in [0.25, 0.3) is 5.91 Å². The summed E-state index contributed by atoms with van der Waals surface area (Å²) in [6.07, 6.45) is 7.32.